The van der Waals surface area contributed by atoms with Crippen molar-refractivity contribution >= 4 is 33.3 Å². The molecular formula is C12H7BrClFO2. The summed E-state index contributed by atoms with van der Waals surface area (Å²) in [5.74, 6) is -0.596. The summed E-state index contributed by atoms with van der Waals surface area (Å²) in [4.78, 5) is 11.9. The molecule has 0 atom stereocenters. The monoisotopic (exact) mass is 316 g/mol. The maximum Gasteiger partial charge on any atom is 0.179 e. The van der Waals surface area contributed by atoms with E-state index in [0.29, 0.717) is 20.8 Å². The van der Waals surface area contributed by atoms with Crippen molar-refractivity contribution in [3.8, 4) is 0 Å². The van der Waals surface area contributed by atoms with Crippen molar-refractivity contribution in [1.82, 2.24) is 0 Å². The van der Waals surface area contributed by atoms with Crippen LogP contribution in [0.3, 0.4) is 0 Å². The van der Waals surface area contributed by atoms with E-state index in [1.807, 2.05) is 0 Å². The molecule has 17 heavy (non-hydrogen) atoms. The molecule has 0 aliphatic heterocycles. The topological polar surface area (TPSA) is 30.2 Å². The summed E-state index contributed by atoms with van der Waals surface area (Å²) in [6.45, 7) is 0. The minimum Gasteiger partial charge on any atom is -0.457 e. The summed E-state index contributed by atoms with van der Waals surface area (Å²) in [6, 6.07) is 5.50. The summed E-state index contributed by atoms with van der Waals surface area (Å²) >= 11 is 9.01. The van der Waals surface area contributed by atoms with Crippen molar-refractivity contribution in [3.05, 3.63) is 57.2 Å². The van der Waals surface area contributed by atoms with Gasteiger partial charge in [0, 0.05) is 11.4 Å². The Morgan fingerprint density at radius 1 is 1.41 bits per heavy atom. The van der Waals surface area contributed by atoms with E-state index in [-0.39, 0.29) is 12.2 Å². The van der Waals surface area contributed by atoms with E-state index in [4.69, 9.17) is 16.0 Å². The molecule has 0 radical (unpaired) electrons. The first-order chi connectivity index (χ1) is 8.08. The van der Waals surface area contributed by atoms with Gasteiger partial charge in [-0.15, -0.1) is 0 Å². The molecule has 1 aromatic carbocycles. The first-order valence-electron chi connectivity index (χ1n) is 4.78. The van der Waals surface area contributed by atoms with Gasteiger partial charge in [-0.3, -0.25) is 4.79 Å². The molecule has 0 N–H and O–H groups in total. The number of Topliss-reactive ketones (excluding diaryl/α,β-unsaturated/α-hetero) is 1. The Hall–Kier alpha value is -1.13. The molecule has 88 valence electrons. The standard InChI is InChI=1S/C12H7BrClFO2/c13-12-9(3-4-17-12)11(16)6-7-5-8(15)1-2-10(7)14/h1-5H,6H2. The van der Waals surface area contributed by atoms with E-state index in [1.165, 1.54) is 24.5 Å². The largest absolute Gasteiger partial charge is 0.457 e. The Balaban J connectivity index is 2.24. The molecule has 1 heterocycles. The molecule has 2 aromatic rings. The summed E-state index contributed by atoms with van der Waals surface area (Å²) in [5, 5.41) is 0.374. The van der Waals surface area contributed by atoms with Gasteiger partial charge in [-0.2, -0.15) is 0 Å². The van der Waals surface area contributed by atoms with Crippen LogP contribution in [0.4, 0.5) is 4.39 Å². The Morgan fingerprint density at radius 2 is 2.18 bits per heavy atom. The van der Waals surface area contributed by atoms with Gasteiger partial charge in [-0.05, 0) is 45.8 Å². The summed E-state index contributed by atoms with van der Waals surface area (Å²) in [5.41, 5.74) is 0.884. The second-order valence-corrected chi connectivity index (χ2v) is 4.57. The fraction of sp³-hybridized carbons (Fsp3) is 0.0833. The van der Waals surface area contributed by atoms with E-state index in [0.717, 1.165) is 0 Å². The predicted molar refractivity (Wildman–Crippen MR) is 65.9 cm³/mol. The second kappa shape index (κ2) is 5.02. The lowest BCUT2D eigenvalue weighted by Gasteiger charge is -2.03. The highest BCUT2D eigenvalue weighted by Crippen LogP contribution is 2.23. The minimum absolute atomic E-state index is 0.0364. The van der Waals surface area contributed by atoms with Crippen molar-refractivity contribution in [2.75, 3.05) is 0 Å². The highest BCUT2D eigenvalue weighted by Gasteiger charge is 2.15. The quantitative estimate of drug-likeness (QED) is 0.792. The van der Waals surface area contributed by atoms with Crippen LogP contribution in [0.5, 0.6) is 0 Å². The Morgan fingerprint density at radius 3 is 2.82 bits per heavy atom. The van der Waals surface area contributed by atoms with Gasteiger partial charge < -0.3 is 4.42 Å². The molecule has 0 saturated heterocycles. The number of carbonyl (C=O) groups is 1. The molecule has 0 aliphatic rings. The van der Waals surface area contributed by atoms with E-state index in [1.54, 1.807) is 6.07 Å². The number of halogens is 3. The molecule has 2 nitrogen and oxygen atoms in total. The molecular weight excluding hydrogens is 310 g/mol. The lowest BCUT2D eigenvalue weighted by atomic mass is 10.1. The van der Waals surface area contributed by atoms with E-state index in [9.17, 15) is 9.18 Å². The molecule has 5 heteroatoms. The van der Waals surface area contributed by atoms with Crippen LogP contribution in [-0.4, -0.2) is 5.78 Å². The number of rotatable bonds is 3. The van der Waals surface area contributed by atoms with Gasteiger partial charge in [0.2, 0.25) is 0 Å². The van der Waals surface area contributed by atoms with Gasteiger partial charge in [0.25, 0.3) is 0 Å². The third-order valence-electron chi connectivity index (χ3n) is 2.28. The fourth-order valence-electron chi connectivity index (χ4n) is 1.44. The Bertz CT molecular complexity index is 565. The third-order valence-corrected chi connectivity index (χ3v) is 3.26. The number of ketones is 1. The maximum absolute atomic E-state index is 13.0. The Labute approximate surface area is 111 Å². The van der Waals surface area contributed by atoms with Gasteiger partial charge in [0.15, 0.2) is 10.5 Å². The van der Waals surface area contributed by atoms with Gasteiger partial charge in [-0.1, -0.05) is 11.6 Å². The molecule has 2 rings (SSSR count). The van der Waals surface area contributed by atoms with Crippen molar-refractivity contribution in [3.63, 3.8) is 0 Å². The Kier molecular flexibility index (Phi) is 3.64. The first kappa shape index (κ1) is 12.3. The fourth-order valence-corrected chi connectivity index (χ4v) is 2.09. The van der Waals surface area contributed by atoms with Crippen LogP contribution >= 0.6 is 27.5 Å². The van der Waals surface area contributed by atoms with E-state index >= 15 is 0 Å². The molecule has 0 aliphatic carbocycles. The maximum atomic E-state index is 13.0. The van der Waals surface area contributed by atoms with Crippen LogP contribution < -0.4 is 0 Å². The van der Waals surface area contributed by atoms with Crippen molar-refractivity contribution in [2.45, 2.75) is 6.42 Å². The van der Waals surface area contributed by atoms with Crippen molar-refractivity contribution in [2.24, 2.45) is 0 Å². The van der Waals surface area contributed by atoms with Crippen LogP contribution in [0.1, 0.15) is 15.9 Å². The zero-order chi connectivity index (χ0) is 12.4. The van der Waals surface area contributed by atoms with Crippen molar-refractivity contribution in [1.29, 1.82) is 0 Å². The number of hydrogen-bond donors (Lipinski definition) is 0. The molecule has 0 spiro atoms. The lowest BCUT2D eigenvalue weighted by molar-refractivity contribution is 0.0991. The van der Waals surface area contributed by atoms with Gasteiger partial charge >= 0.3 is 0 Å². The smallest absolute Gasteiger partial charge is 0.179 e. The highest BCUT2D eigenvalue weighted by atomic mass is 79.9. The van der Waals surface area contributed by atoms with Crippen LogP contribution in [0.25, 0.3) is 0 Å². The van der Waals surface area contributed by atoms with Gasteiger partial charge in [0.1, 0.15) is 5.82 Å². The zero-order valence-electron chi connectivity index (χ0n) is 8.54. The summed E-state index contributed by atoms with van der Waals surface area (Å²) in [6.07, 6.45) is 1.44. The minimum atomic E-state index is -0.413. The normalized spacial score (nSPS) is 10.5. The predicted octanol–water partition coefficient (Wildman–Crippen LogP) is 4.26. The van der Waals surface area contributed by atoms with Crippen LogP contribution in [-0.2, 0) is 6.42 Å². The molecule has 0 bridgehead atoms. The summed E-state index contributed by atoms with van der Waals surface area (Å²) in [7, 11) is 0. The number of furan rings is 1. The van der Waals surface area contributed by atoms with E-state index in [2.05, 4.69) is 15.9 Å². The highest BCUT2D eigenvalue weighted by molar-refractivity contribution is 9.10. The molecule has 0 saturated carbocycles. The van der Waals surface area contributed by atoms with Crippen LogP contribution in [0, 0.1) is 5.82 Å². The second-order valence-electron chi connectivity index (χ2n) is 3.44. The first-order valence-corrected chi connectivity index (χ1v) is 5.95. The van der Waals surface area contributed by atoms with Crippen LogP contribution in [0.2, 0.25) is 5.02 Å². The molecule has 1 aromatic heterocycles. The molecule has 0 unspecified atom stereocenters. The van der Waals surface area contributed by atoms with Gasteiger partial charge in [0.05, 0.1) is 11.8 Å². The molecule has 0 amide bonds. The summed E-state index contributed by atoms with van der Waals surface area (Å²) < 4.78 is 18.4. The third kappa shape index (κ3) is 2.76. The van der Waals surface area contributed by atoms with Crippen LogP contribution in [0.15, 0.2) is 39.6 Å². The molecule has 0 fully saturated rings. The average molecular weight is 318 g/mol. The zero-order valence-corrected chi connectivity index (χ0v) is 10.9. The van der Waals surface area contributed by atoms with Crippen molar-refractivity contribution < 1.29 is 13.6 Å². The number of carbonyl (C=O) groups excluding carboxylic acids is 1. The number of benzene rings is 1. The average Bonchev–Trinajstić information content (AvgIpc) is 2.70. The SMILES string of the molecule is O=C(Cc1cc(F)ccc1Cl)c1ccoc1Br. The lowest BCUT2D eigenvalue weighted by Crippen LogP contribution is -2.03. The van der Waals surface area contributed by atoms with E-state index < -0.39 is 5.82 Å². The van der Waals surface area contributed by atoms with Gasteiger partial charge in [-0.25, -0.2) is 4.39 Å². The number of hydrogen-bond acceptors (Lipinski definition) is 2.